The van der Waals surface area contributed by atoms with Crippen LogP contribution in [0.5, 0.6) is 5.88 Å². The average Bonchev–Trinajstić information content (AvgIpc) is 2.87. The van der Waals surface area contributed by atoms with Gasteiger partial charge < -0.3 is 15.4 Å². The molecular weight excluding hydrogens is 448 g/mol. The Hall–Kier alpha value is -3.13. The number of carbonyl (C=O) groups is 2. The highest BCUT2D eigenvalue weighted by Crippen LogP contribution is 2.35. The first-order valence-corrected chi connectivity index (χ1v) is 12.7. The Bertz CT molecular complexity index is 1220. The number of benzene rings is 1. The van der Waals surface area contributed by atoms with E-state index in [0.717, 1.165) is 65.8 Å². The van der Waals surface area contributed by atoms with Crippen LogP contribution < -0.4 is 15.4 Å². The normalized spacial score (nSPS) is 19.9. The minimum absolute atomic E-state index is 0.00557. The standard InChI is InChI=1S/C26H28N4O3S/c1-33-24-11-9-20-25(30-24)17(12-13-27-20)5-2-16-3-6-18(7-4-16)26(32)28-19-8-10-22-21(14-19)29-23(31)15-34-22/h8-14,16,18H,2-7,15H2,1H3,(H,28,32)(H,29,31)/t16-,18-. The van der Waals surface area contributed by atoms with Crippen LogP contribution in [0, 0.1) is 11.8 Å². The lowest BCUT2D eigenvalue weighted by molar-refractivity contribution is -0.121. The first kappa shape index (κ1) is 22.7. The lowest BCUT2D eigenvalue weighted by atomic mass is 9.79. The Labute approximate surface area is 203 Å². The molecule has 0 atom stereocenters. The van der Waals surface area contributed by atoms with Crippen molar-refractivity contribution < 1.29 is 14.3 Å². The molecule has 0 radical (unpaired) electrons. The molecule has 8 heteroatoms. The number of thioether (sulfide) groups is 1. The van der Waals surface area contributed by atoms with Crippen LogP contribution in [-0.2, 0) is 16.0 Å². The molecule has 1 aliphatic carbocycles. The monoisotopic (exact) mass is 476 g/mol. The van der Waals surface area contributed by atoms with Crippen LogP contribution in [0.2, 0.25) is 0 Å². The molecule has 1 aromatic carbocycles. The molecule has 34 heavy (non-hydrogen) atoms. The lowest BCUT2D eigenvalue weighted by Crippen LogP contribution is -2.27. The smallest absolute Gasteiger partial charge is 0.234 e. The number of ether oxygens (including phenoxy) is 1. The second-order valence-electron chi connectivity index (χ2n) is 8.98. The van der Waals surface area contributed by atoms with E-state index in [1.807, 2.05) is 42.6 Å². The maximum atomic E-state index is 12.9. The summed E-state index contributed by atoms with van der Waals surface area (Å²) in [4.78, 5) is 34.6. The molecule has 0 saturated heterocycles. The number of hydrogen-bond donors (Lipinski definition) is 2. The number of carbonyl (C=O) groups excluding carboxylic acids is 2. The van der Waals surface area contributed by atoms with Crippen molar-refractivity contribution in [3.8, 4) is 5.88 Å². The van der Waals surface area contributed by atoms with Crippen molar-refractivity contribution in [2.75, 3.05) is 23.5 Å². The zero-order valence-corrected chi connectivity index (χ0v) is 20.0. The van der Waals surface area contributed by atoms with E-state index in [9.17, 15) is 9.59 Å². The van der Waals surface area contributed by atoms with Gasteiger partial charge in [-0.15, -0.1) is 11.8 Å². The first-order chi connectivity index (χ1) is 16.6. The number of fused-ring (bicyclic) bond motifs is 2. The highest BCUT2D eigenvalue weighted by molar-refractivity contribution is 8.00. The van der Waals surface area contributed by atoms with Gasteiger partial charge in [-0.3, -0.25) is 14.6 Å². The van der Waals surface area contributed by atoms with Crippen molar-refractivity contribution in [3.05, 3.63) is 48.2 Å². The van der Waals surface area contributed by atoms with Crippen LogP contribution in [0.3, 0.4) is 0 Å². The molecule has 2 amide bonds. The number of nitrogens with one attached hydrogen (secondary N) is 2. The van der Waals surface area contributed by atoms with Crippen LogP contribution in [0.1, 0.15) is 37.7 Å². The number of methoxy groups -OCH3 is 1. The quantitative estimate of drug-likeness (QED) is 0.517. The van der Waals surface area contributed by atoms with E-state index in [0.29, 0.717) is 17.6 Å². The molecule has 2 N–H and O–H groups in total. The molecule has 0 spiro atoms. The predicted octanol–water partition coefficient (Wildman–Crippen LogP) is 5.06. The van der Waals surface area contributed by atoms with Gasteiger partial charge in [0, 0.05) is 28.8 Å². The number of aromatic nitrogens is 2. The Balaban J connectivity index is 1.14. The predicted molar refractivity (Wildman–Crippen MR) is 134 cm³/mol. The molecule has 1 aliphatic heterocycles. The third kappa shape index (κ3) is 5.01. The van der Waals surface area contributed by atoms with Crippen LogP contribution in [0.15, 0.2) is 47.5 Å². The maximum absolute atomic E-state index is 12.9. The second kappa shape index (κ2) is 10.0. The zero-order valence-electron chi connectivity index (χ0n) is 19.2. The van der Waals surface area contributed by atoms with Crippen molar-refractivity contribution in [3.63, 3.8) is 0 Å². The molecule has 7 nitrogen and oxygen atoms in total. The highest BCUT2D eigenvalue weighted by Gasteiger charge is 2.27. The van der Waals surface area contributed by atoms with Crippen LogP contribution in [0.4, 0.5) is 11.4 Å². The first-order valence-electron chi connectivity index (χ1n) is 11.8. The summed E-state index contributed by atoms with van der Waals surface area (Å²) in [5.41, 5.74) is 4.51. The third-order valence-electron chi connectivity index (χ3n) is 6.77. The summed E-state index contributed by atoms with van der Waals surface area (Å²) in [7, 11) is 1.63. The van der Waals surface area contributed by atoms with Crippen LogP contribution in [-0.4, -0.2) is 34.6 Å². The van der Waals surface area contributed by atoms with E-state index in [1.165, 1.54) is 17.3 Å². The molecule has 0 unspecified atom stereocenters. The number of amides is 2. The molecule has 5 rings (SSSR count). The molecule has 2 aromatic heterocycles. The third-order valence-corrected chi connectivity index (χ3v) is 7.84. The number of aryl methyl sites for hydroxylation is 1. The Morgan fingerprint density at radius 2 is 2.03 bits per heavy atom. The fourth-order valence-electron chi connectivity index (χ4n) is 4.85. The highest BCUT2D eigenvalue weighted by atomic mass is 32.2. The van der Waals surface area contributed by atoms with Gasteiger partial charge in [-0.25, -0.2) is 4.98 Å². The summed E-state index contributed by atoms with van der Waals surface area (Å²) >= 11 is 1.52. The molecule has 3 aromatic rings. The summed E-state index contributed by atoms with van der Waals surface area (Å²) < 4.78 is 5.28. The van der Waals surface area contributed by atoms with Crippen molar-refractivity contribution in [1.29, 1.82) is 0 Å². The minimum Gasteiger partial charge on any atom is -0.481 e. The number of rotatable bonds is 6. The van der Waals surface area contributed by atoms with Crippen LogP contribution >= 0.6 is 11.8 Å². The topological polar surface area (TPSA) is 93.2 Å². The molecular formula is C26H28N4O3S. The summed E-state index contributed by atoms with van der Waals surface area (Å²) in [5, 5.41) is 5.93. The number of nitrogens with zero attached hydrogens (tertiary/aromatic N) is 2. The van der Waals surface area contributed by atoms with Crippen molar-refractivity contribution >= 4 is 46.0 Å². The van der Waals surface area contributed by atoms with Gasteiger partial charge in [-0.1, -0.05) is 0 Å². The van der Waals surface area contributed by atoms with E-state index in [1.54, 1.807) is 7.11 Å². The minimum atomic E-state index is -0.00557. The Kier molecular flexibility index (Phi) is 6.67. The average molecular weight is 477 g/mol. The van der Waals surface area contributed by atoms with Gasteiger partial charge in [-0.05, 0) is 80.3 Å². The van der Waals surface area contributed by atoms with Crippen molar-refractivity contribution in [2.45, 2.75) is 43.4 Å². The molecule has 0 bridgehead atoms. The van der Waals surface area contributed by atoms with Gasteiger partial charge in [-0.2, -0.15) is 0 Å². The fraction of sp³-hybridized carbons (Fsp3) is 0.385. The molecule has 176 valence electrons. The van der Waals surface area contributed by atoms with E-state index in [4.69, 9.17) is 4.74 Å². The van der Waals surface area contributed by atoms with Gasteiger partial charge in [0.25, 0.3) is 0 Å². The maximum Gasteiger partial charge on any atom is 0.234 e. The number of hydrogen-bond acceptors (Lipinski definition) is 6. The van der Waals surface area contributed by atoms with Gasteiger partial charge in [0.2, 0.25) is 17.7 Å². The summed E-state index contributed by atoms with van der Waals surface area (Å²) in [6.07, 6.45) is 7.77. The number of pyridine rings is 2. The van der Waals surface area contributed by atoms with Gasteiger partial charge >= 0.3 is 0 Å². The summed E-state index contributed by atoms with van der Waals surface area (Å²) in [6, 6.07) is 11.6. The summed E-state index contributed by atoms with van der Waals surface area (Å²) in [6.45, 7) is 0. The van der Waals surface area contributed by atoms with E-state index < -0.39 is 0 Å². The van der Waals surface area contributed by atoms with E-state index in [2.05, 4.69) is 20.6 Å². The van der Waals surface area contributed by atoms with Gasteiger partial charge in [0.15, 0.2) is 0 Å². The van der Waals surface area contributed by atoms with E-state index in [-0.39, 0.29) is 17.7 Å². The van der Waals surface area contributed by atoms with Crippen molar-refractivity contribution in [1.82, 2.24) is 9.97 Å². The van der Waals surface area contributed by atoms with Crippen molar-refractivity contribution in [2.24, 2.45) is 11.8 Å². The Morgan fingerprint density at radius 1 is 1.18 bits per heavy atom. The second-order valence-corrected chi connectivity index (χ2v) is 10.0. The Morgan fingerprint density at radius 3 is 2.85 bits per heavy atom. The largest absolute Gasteiger partial charge is 0.481 e. The lowest BCUT2D eigenvalue weighted by Gasteiger charge is -2.28. The SMILES string of the molecule is COc1ccc2nccc(CC[C@H]3CC[C@H](C(=O)Nc4ccc5c(c4)NC(=O)CS5)CC3)c2n1. The zero-order chi connectivity index (χ0) is 23.5. The molecule has 3 heterocycles. The van der Waals surface area contributed by atoms with Gasteiger partial charge in [0.05, 0.1) is 29.6 Å². The molecule has 1 saturated carbocycles. The molecule has 1 fully saturated rings. The fourth-order valence-corrected chi connectivity index (χ4v) is 5.64. The van der Waals surface area contributed by atoms with Gasteiger partial charge in [0.1, 0.15) is 0 Å². The summed E-state index contributed by atoms with van der Waals surface area (Å²) in [5.74, 6) is 1.74. The van der Waals surface area contributed by atoms with Crippen LogP contribution in [0.25, 0.3) is 11.0 Å². The molecule has 2 aliphatic rings. The number of anilines is 2. The van der Waals surface area contributed by atoms with E-state index >= 15 is 0 Å².